The molecular weight excluding hydrogens is 477 g/mol. The highest BCUT2D eigenvalue weighted by atomic mass is 35.5. The Hall–Kier alpha value is -1.98. The SMILES string of the molecule is Cc1c(Cl)cc2c[n+](-c3ccc(Cl)cc3)ccc2c1C(=O)CCCCCCCCCNCCCN. The molecular formula is C29H38Cl2N3O+. The fourth-order valence-corrected chi connectivity index (χ4v) is 4.79. The highest BCUT2D eigenvalue weighted by molar-refractivity contribution is 6.33. The van der Waals surface area contributed by atoms with Crippen LogP contribution in [0, 0.1) is 6.92 Å². The number of fused-ring (bicyclic) bond motifs is 1. The van der Waals surface area contributed by atoms with Crippen LogP contribution in [0.4, 0.5) is 0 Å². The Morgan fingerprint density at radius 3 is 2.29 bits per heavy atom. The number of halogens is 2. The van der Waals surface area contributed by atoms with Gasteiger partial charge in [-0.15, -0.1) is 0 Å². The van der Waals surface area contributed by atoms with Crippen LogP contribution >= 0.6 is 23.2 Å². The topological polar surface area (TPSA) is 59.0 Å². The average Bonchev–Trinajstić information content (AvgIpc) is 2.85. The van der Waals surface area contributed by atoms with E-state index in [-0.39, 0.29) is 5.78 Å². The Balaban J connectivity index is 1.51. The van der Waals surface area contributed by atoms with Gasteiger partial charge >= 0.3 is 0 Å². The van der Waals surface area contributed by atoms with Gasteiger partial charge in [-0.1, -0.05) is 55.3 Å². The average molecular weight is 516 g/mol. The number of hydrogen-bond acceptors (Lipinski definition) is 3. The Labute approximate surface area is 219 Å². The van der Waals surface area contributed by atoms with E-state index < -0.39 is 0 Å². The van der Waals surface area contributed by atoms with Crippen LogP contribution < -0.4 is 15.6 Å². The lowest BCUT2D eigenvalue weighted by atomic mass is 9.94. The van der Waals surface area contributed by atoms with Crippen molar-refractivity contribution in [1.29, 1.82) is 0 Å². The first kappa shape index (κ1) is 27.6. The maximum atomic E-state index is 13.2. The molecule has 0 spiro atoms. The Kier molecular flexibility index (Phi) is 11.5. The molecule has 0 saturated carbocycles. The normalized spacial score (nSPS) is 11.3. The van der Waals surface area contributed by atoms with E-state index in [1.165, 1.54) is 32.1 Å². The number of carbonyl (C=O) groups is 1. The summed E-state index contributed by atoms with van der Waals surface area (Å²) >= 11 is 12.6. The summed E-state index contributed by atoms with van der Waals surface area (Å²) in [7, 11) is 0. The monoisotopic (exact) mass is 514 g/mol. The molecule has 0 fully saturated rings. The number of nitrogens with one attached hydrogen (secondary N) is 1. The Morgan fingerprint density at radius 2 is 1.57 bits per heavy atom. The first-order valence-electron chi connectivity index (χ1n) is 12.9. The van der Waals surface area contributed by atoms with Gasteiger partial charge in [-0.2, -0.15) is 4.57 Å². The van der Waals surface area contributed by atoms with Crippen molar-refractivity contribution in [2.45, 2.75) is 64.7 Å². The predicted molar refractivity (Wildman–Crippen MR) is 148 cm³/mol. The molecule has 3 N–H and O–H groups in total. The summed E-state index contributed by atoms with van der Waals surface area (Å²) < 4.78 is 2.02. The van der Waals surface area contributed by atoms with Crippen LogP contribution in [0.1, 0.15) is 73.7 Å². The maximum Gasteiger partial charge on any atom is 0.210 e. The van der Waals surface area contributed by atoms with Crippen LogP contribution in [0.25, 0.3) is 16.5 Å². The van der Waals surface area contributed by atoms with E-state index in [1.54, 1.807) is 0 Å². The zero-order valence-electron chi connectivity index (χ0n) is 20.8. The Bertz CT molecular complexity index is 1100. The first-order valence-corrected chi connectivity index (χ1v) is 13.6. The fraction of sp³-hybridized carbons (Fsp3) is 0.448. The van der Waals surface area contributed by atoms with Gasteiger partial charge in [0.2, 0.25) is 5.69 Å². The zero-order valence-corrected chi connectivity index (χ0v) is 22.3. The summed E-state index contributed by atoms with van der Waals surface area (Å²) in [5.41, 5.74) is 8.13. The molecule has 2 aromatic carbocycles. The minimum Gasteiger partial charge on any atom is -0.330 e. The highest BCUT2D eigenvalue weighted by Crippen LogP contribution is 2.30. The van der Waals surface area contributed by atoms with Gasteiger partial charge in [0, 0.05) is 51.0 Å². The van der Waals surface area contributed by atoms with E-state index in [0.29, 0.717) is 16.5 Å². The van der Waals surface area contributed by atoms with Gasteiger partial charge < -0.3 is 11.1 Å². The number of benzene rings is 2. The summed E-state index contributed by atoms with van der Waals surface area (Å²) in [6.45, 7) is 4.81. The van der Waals surface area contributed by atoms with Crippen molar-refractivity contribution in [2.24, 2.45) is 5.73 Å². The minimum absolute atomic E-state index is 0.183. The van der Waals surface area contributed by atoms with Crippen LogP contribution in [-0.2, 0) is 0 Å². The molecule has 0 amide bonds. The number of nitrogens with two attached hydrogens (primary N) is 1. The Morgan fingerprint density at radius 1 is 0.914 bits per heavy atom. The molecule has 3 rings (SSSR count). The van der Waals surface area contributed by atoms with E-state index in [0.717, 1.165) is 66.5 Å². The second-order valence-electron chi connectivity index (χ2n) is 9.23. The molecule has 3 aromatic rings. The number of Topliss-reactive ketones (excluding diaryl/α,β-unsaturated/α-hetero) is 1. The molecule has 0 aliphatic heterocycles. The van der Waals surface area contributed by atoms with Crippen LogP contribution in [0.3, 0.4) is 0 Å². The smallest absolute Gasteiger partial charge is 0.210 e. The molecule has 0 aliphatic rings. The third-order valence-corrected chi connectivity index (χ3v) is 7.14. The van der Waals surface area contributed by atoms with E-state index in [4.69, 9.17) is 28.9 Å². The number of aromatic nitrogens is 1. The summed E-state index contributed by atoms with van der Waals surface area (Å²) in [5, 5.41) is 6.68. The highest BCUT2D eigenvalue weighted by Gasteiger charge is 2.18. The minimum atomic E-state index is 0.183. The van der Waals surface area contributed by atoms with Gasteiger partial charge in [0.25, 0.3) is 0 Å². The van der Waals surface area contributed by atoms with E-state index in [2.05, 4.69) is 5.32 Å². The molecule has 0 saturated heterocycles. The van der Waals surface area contributed by atoms with Gasteiger partial charge in [0.1, 0.15) is 0 Å². The van der Waals surface area contributed by atoms with Gasteiger partial charge in [-0.3, -0.25) is 4.79 Å². The third-order valence-electron chi connectivity index (χ3n) is 6.49. The number of nitrogens with zero attached hydrogens (tertiary/aromatic N) is 1. The molecule has 6 heteroatoms. The van der Waals surface area contributed by atoms with Gasteiger partial charge in [-0.25, -0.2) is 0 Å². The summed E-state index contributed by atoms with van der Waals surface area (Å²) in [4.78, 5) is 13.2. The van der Waals surface area contributed by atoms with Gasteiger partial charge in [0.15, 0.2) is 18.2 Å². The largest absolute Gasteiger partial charge is 0.330 e. The van der Waals surface area contributed by atoms with Crippen molar-refractivity contribution in [3.05, 3.63) is 70.0 Å². The lowest BCUT2D eigenvalue weighted by Crippen LogP contribution is -2.29. The molecule has 188 valence electrons. The number of pyridine rings is 1. The van der Waals surface area contributed by atoms with Crippen molar-refractivity contribution in [2.75, 3.05) is 19.6 Å². The second kappa shape index (κ2) is 14.5. The molecule has 1 aromatic heterocycles. The summed E-state index contributed by atoms with van der Waals surface area (Å²) in [6, 6.07) is 11.6. The van der Waals surface area contributed by atoms with Crippen molar-refractivity contribution in [1.82, 2.24) is 5.32 Å². The van der Waals surface area contributed by atoms with Crippen LogP contribution in [0.2, 0.25) is 10.0 Å². The standard InChI is InChI=1S/C29H38Cl2N3O/c1-22-27(31)20-23-21-34(25-13-11-24(30)12-14-25)19-15-26(23)29(22)28(35)10-7-5-3-2-4-6-8-17-33-18-9-16-32/h11-15,19-21,33H,2-10,16-18,32H2,1H3/q+1. The number of ketones is 1. The van der Waals surface area contributed by atoms with Crippen LogP contribution in [0.15, 0.2) is 48.8 Å². The molecule has 4 nitrogen and oxygen atoms in total. The van der Waals surface area contributed by atoms with E-state index in [9.17, 15) is 4.79 Å². The van der Waals surface area contributed by atoms with Crippen molar-refractivity contribution in [3.8, 4) is 5.69 Å². The lowest BCUT2D eigenvalue weighted by Gasteiger charge is -2.11. The number of carbonyl (C=O) groups excluding carboxylic acids is 1. The molecule has 1 heterocycles. The molecule has 0 atom stereocenters. The zero-order chi connectivity index (χ0) is 25.0. The van der Waals surface area contributed by atoms with Crippen molar-refractivity contribution in [3.63, 3.8) is 0 Å². The number of rotatable bonds is 15. The van der Waals surface area contributed by atoms with Gasteiger partial charge in [0.05, 0.1) is 0 Å². The lowest BCUT2D eigenvalue weighted by molar-refractivity contribution is -0.594. The number of unbranched alkanes of at least 4 members (excludes halogenated alkanes) is 6. The van der Waals surface area contributed by atoms with E-state index in [1.807, 2.05) is 60.3 Å². The first-order chi connectivity index (χ1) is 17.0. The maximum absolute atomic E-state index is 13.2. The molecule has 0 aliphatic carbocycles. The van der Waals surface area contributed by atoms with Crippen LogP contribution in [-0.4, -0.2) is 25.4 Å². The van der Waals surface area contributed by atoms with Crippen molar-refractivity contribution < 1.29 is 9.36 Å². The van der Waals surface area contributed by atoms with Crippen LogP contribution in [0.5, 0.6) is 0 Å². The second-order valence-corrected chi connectivity index (χ2v) is 10.1. The molecule has 0 radical (unpaired) electrons. The predicted octanol–water partition coefficient (Wildman–Crippen LogP) is 6.97. The van der Waals surface area contributed by atoms with E-state index >= 15 is 0 Å². The summed E-state index contributed by atoms with van der Waals surface area (Å²) in [5.74, 6) is 0.183. The molecule has 35 heavy (non-hydrogen) atoms. The fourth-order valence-electron chi connectivity index (χ4n) is 4.45. The third kappa shape index (κ3) is 8.28. The van der Waals surface area contributed by atoms with Gasteiger partial charge in [-0.05, 0) is 69.6 Å². The summed E-state index contributed by atoms with van der Waals surface area (Å²) in [6.07, 6.45) is 13.8. The molecule has 0 bridgehead atoms. The molecule has 0 unspecified atom stereocenters. The quantitative estimate of drug-likeness (QED) is 0.131. The van der Waals surface area contributed by atoms with Crippen molar-refractivity contribution >= 4 is 39.8 Å². The number of hydrogen-bond donors (Lipinski definition) is 2.